The van der Waals surface area contributed by atoms with E-state index in [9.17, 15) is 68.1 Å². The molecule has 5 rings (SSSR count). The van der Waals surface area contributed by atoms with E-state index in [4.69, 9.17) is 21.9 Å². The number of tetrazole rings is 1. The van der Waals surface area contributed by atoms with Crippen molar-refractivity contribution in [3.63, 3.8) is 0 Å². The summed E-state index contributed by atoms with van der Waals surface area (Å²) in [5.41, 5.74) is 21.0. The highest BCUT2D eigenvalue weighted by atomic mass is 19.1. The molecule has 5 aromatic rings. The van der Waals surface area contributed by atoms with Crippen molar-refractivity contribution in [3.8, 4) is 16.9 Å². The summed E-state index contributed by atoms with van der Waals surface area (Å²) in [4.78, 5) is 150. The number of carboxylic acids is 1. The highest BCUT2D eigenvalue weighted by Gasteiger charge is 2.42. The standard InChI is InChI=1S/C68H93FN16O15/c1-9-44-31-47(100-26-13-12-25-70)23-24-48(44)45-21-19-42(20-22-45)30-51(63(95)75-50(59(72)91)18-14-15-43-28-36(2)27-37(3)29-43)78-64(96)53(33-56(89)90)77-61(93)39(5)74-65(97)57(40(6)86)80-67(99)68(8,34-46-16-10-11-17-49(46)69)81-66(98)58(41(7)87)79-55(88)35-73-62(94)52(76-60(92)38(4)71)32-54-82-84-85-83-54/h10-11,16-17,19-24,27-29,31,38-41,50-53,57-58,86-87H,9,12-15,18,25-26,30,32-35,70-71H2,1-8H3,(H2,72,91)(H,73,94)(H,74,97)(H,75,95)(H,76,92)(H,77,93)(H,78,96)(H,79,88)(H,80,99)(H,81,98)(H,89,90)(H,82,83,84,85)/t38-,39-,40+,41+,50-,51-,52-,53-,57-,58-,68-/m0/s1. The number of aryl methyl sites for hydroxylation is 4. The molecule has 0 aliphatic carbocycles. The van der Waals surface area contributed by atoms with Crippen LogP contribution in [0, 0.1) is 19.7 Å². The lowest BCUT2D eigenvalue weighted by Gasteiger charge is -2.34. The summed E-state index contributed by atoms with van der Waals surface area (Å²) in [7, 11) is 0. The maximum absolute atomic E-state index is 15.4. The third kappa shape index (κ3) is 25.2. The average molecular weight is 1390 g/mol. The number of aromatic nitrogens is 4. The lowest BCUT2D eigenvalue weighted by atomic mass is 9.90. The number of aromatic amines is 1. The van der Waals surface area contributed by atoms with Crippen LogP contribution in [0.3, 0.4) is 0 Å². The third-order valence-corrected chi connectivity index (χ3v) is 16.1. The van der Waals surface area contributed by atoms with Crippen LogP contribution in [0.2, 0.25) is 0 Å². The molecule has 31 nitrogen and oxygen atoms in total. The molecular weight excluding hydrogens is 1300 g/mol. The second-order valence-corrected chi connectivity index (χ2v) is 24.9. The largest absolute Gasteiger partial charge is 0.494 e. The molecule has 0 bridgehead atoms. The molecule has 0 aliphatic heterocycles. The van der Waals surface area contributed by atoms with E-state index in [2.05, 4.69) is 68.5 Å². The number of ether oxygens (including phenoxy) is 1. The van der Waals surface area contributed by atoms with E-state index in [1.54, 1.807) is 12.1 Å². The summed E-state index contributed by atoms with van der Waals surface area (Å²) in [5.74, 6) is -12.3. The number of amides is 10. The van der Waals surface area contributed by atoms with E-state index in [1.165, 1.54) is 25.1 Å². The summed E-state index contributed by atoms with van der Waals surface area (Å²) >= 11 is 0. The second kappa shape index (κ2) is 38.7. The molecule has 1 aromatic heterocycles. The van der Waals surface area contributed by atoms with E-state index in [0.29, 0.717) is 43.7 Å². The van der Waals surface area contributed by atoms with E-state index in [1.807, 2.05) is 69.3 Å². The molecule has 1 heterocycles. The molecule has 0 unspecified atom stereocenters. The van der Waals surface area contributed by atoms with Crippen molar-refractivity contribution >= 4 is 65.0 Å². The summed E-state index contributed by atoms with van der Waals surface area (Å²) in [6.45, 7) is 11.9. The highest BCUT2D eigenvalue weighted by molar-refractivity contribution is 6.00. The van der Waals surface area contributed by atoms with Crippen molar-refractivity contribution in [2.24, 2.45) is 17.2 Å². The number of unbranched alkanes of at least 4 members (excludes halogenated alkanes) is 1. The molecular formula is C68H93FN16O15. The van der Waals surface area contributed by atoms with Gasteiger partial charge in [0.25, 0.3) is 0 Å². The van der Waals surface area contributed by atoms with Gasteiger partial charge in [0, 0.05) is 19.3 Å². The van der Waals surface area contributed by atoms with Crippen molar-refractivity contribution in [2.45, 2.75) is 186 Å². The van der Waals surface area contributed by atoms with Gasteiger partial charge in [0.05, 0.1) is 37.8 Å². The number of hydrogen-bond donors (Lipinski definition) is 16. The summed E-state index contributed by atoms with van der Waals surface area (Å²) in [6.07, 6.45) is -2.39. The van der Waals surface area contributed by atoms with Crippen molar-refractivity contribution < 1.29 is 77.2 Å². The fourth-order valence-corrected chi connectivity index (χ4v) is 10.7. The van der Waals surface area contributed by atoms with Crippen LogP contribution in [0.1, 0.15) is 113 Å². The maximum Gasteiger partial charge on any atom is 0.305 e. The molecule has 542 valence electrons. The predicted octanol–water partition coefficient (Wildman–Crippen LogP) is -1.17. The number of aliphatic carboxylic acids is 1. The van der Waals surface area contributed by atoms with E-state index < -0.39 is 156 Å². The molecule has 0 aliphatic rings. The number of carbonyl (C=O) groups excluding carboxylic acids is 10. The lowest BCUT2D eigenvalue weighted by molar-refractivity contribution is -0.142. The van der Waals surface area contributed by atoms with Gasteiger partial charge in [0.1, 0.15) is 59.4 Å². The Morgan fingerprint density at radius 3 is 1.88 bits per heavy atom. The Labute approximate surface area is 578 Å². The molecule has 32 heteroatoms. The predicted molar refractivity (Wildman–Crippen MR) is 363 cm³/mol. The molecule has 19 N–H and O–H groups in total. The SMILES string of the molecule is CCc1cc(OCCCCN)ccc1-c1ccc(C[C@H](NC(=O)[C@H](CC(=O)O)NC(=O)[C@H](C)NC(=O)[C@@H](NC(=O)[C@](C)(Cc2ccccc2F)NC(=O)[C@@H](NC(=O)CNC(=O)[C@H](Cc2nn[nH]n2)NC(=O)[C@H](C)N)[C@@H](C)O)[C@@H](C)O)C(=O)N[C@@H](CCCc2cc(C)cc(C)c2)C(N)=O)cc1. The number of aliphatic hydroxyl groups is 2. The van der Waals surface area contributed by atoms with Gasteiger partial charge in [0.15, 0.2) is 5.82 Å². The fourth-order valence-electron chi connectivity index (χ4n) is 10.7. The summed E-state index contributed by atoms with van der Waals surface area (Å²) < 4.78 is 21.3. The number of H-pyrrole nitrogens is 1. The van der Waals surface area contributed by atoms with Gasteiger partial charge in [-0.05, 0) is 145 Å². The van der Waals surface area contributed by atoms with Crippen LogP contribution in [0.25, 0.3) is 11.1 Å². The molecule has 11 atom stereocenters. The monoisotopic (exact) mass is 1390 g/mol. The number of aliphatic hydroxyl groups excluding tert-OH is 2. The maximum atomic E-state index is 15.4. The number of nitrogens with two attached hydrogens (primary N) is 3. The molecule has 0 radical (unpaired) electrons. The van der Waals surface area contributed by atoms with Crippen LogP contribution < -0.4 is 69.8 Å². The first-order chi connectivity index (χ1) is 47.3. The summed E-state index contributed by atoms with van der Waals surface area (Å²) in [6, 6.07) is 11.3. The molecule has 100 heavy (non-hydrogen) atoms. The summed E-state index contributed by atoms with van der Waals surface area (Å²) in [5, 5.41) is 66.4. The van der Waals surface area contributed by atoms with Crippen molar-refractivity contribution in [2.75, 3.05) is 19.7 Å². The topological polar surface area (TPSA) is 498 Å². The minimum atomic E-state index is -2.31. The fraction of sp³-hybridized carbons (Fsp3) is 0.471. The minimum absolute atomic E-state index is 0.0118. The van der Waals surface area contributed by atoms with E-state index >= 15 is 4.39 Å². The van der Waals surface area contributed by atoms with E-state index in [0.717, 1.165) is 80.0 Å². The number of hydrogen-bond acceptors (Lipinski definition) is 19. The van der Waals surface area contributed by atoms with Gasteiger partial charge in [0.2, 0.25) is 59.1 Å². The van der Waals surface area contributed by atoms with Crippen LogP contribution in [0.15, 0.2) is 84.9 Å². The Morgan fingerprint density at radius 2 is 1.28 bits per heavy atom. The van der Waals surface area contributed by atoms with E-state index in [-0.39, 0.29) is 30.7 Å². The number of primary amides is 1. The molecule has 0 saturated heterocycles. The van der Waals surface area contributed by atoms with Gasteiger partial charge < -0.3 is 85.1 Å². The zero-order valence-corrected chi connectivity index (χ0v) is 57.2. The Bertz CT molecular complexity index is 3630. The number of benzene rings is 4. The van der Waals surface area contributed by atoms with Crippen LogP contribution in [0.5, 0.6) is 5.75 Å². The zero-order chi connectivity index (χ0) is 74.0. The Balaban J connectivity index is 1.34. The van der Waals surface area contributed by atoms with Gasteiger partial charge in [-0.25, -0.2) is 4.39 Å². The van der Waals surface area contributed by atoms with Gasteiger partial charge in [-0.2, -0.15) is 5.21 Å². The molecule has 0 spiro atoms. The third-order valence-electron chi connectivity index (χ3n) is 16.1. The van der Waals surface area contributed by atoms with Crippen molar-refractivity contribution in [1.29, 1.82) is 0 Å². The van der Waals surface area contributed by atoms with Crippen molar-refractivity contribution in [1.82, 2.24) is 68.5 Å². The number of nitrogens with zero attached hydrogens (tertiary/aromatic N) is 3. The number of halogens is 1. The van der Waals surface area contributed by atoms with Crippen LogP contribution in [0.4, 0.5) is 4.39 Å². The van der Waals surface area contributed by atoms with Crippen LogP contribution in [-0.4, -0.2) is 187 Å². The van der Waals surface area contributed by atoms with Crippen molar-refractivity contribution in [3.05, 3.63) is 130 Å². The molecule has 0 fully saturated rings. The van der Waals surface area contributed by atoms with Crippen LogP contribution in [-0.2, 0) is 84.8 Å². The zero-order valence-electron chi connectivity index (χ0n) is 57.2. The molecule has 10 amide bonds. The first-order valence-electron chi connectivity index (χ1n) is 32.7. The second-order valence-electron chi connectivity index (χ2n) is 24.9. The van der Waals surface area contributed by atoms with Gasteiger partial charge in [-0.1, -0.05) is 90.0 Å². The number of carboxylic acid groups (broad SMARTS) is 1. The molecule has 4 aromatic carbocycles. The highest BCUT2D eigenvalue weighted by Crippen LogP contribution is 2.29. The van der Waals surface area contributed by atoms with Gasteiger partial charge in [-0.15, -0.1) is 10.2 Å². The van der Waals surface area contributed by atoms with Crippen LogP contribution >= 0.6 is 0 Å². The Hall–Kier alpha value is -10.3. The lowest BCUT2D eigenvalue weighted by Crippen LogP contribution is -2.66. The number of nitrogens with one attached hydrogen (secondary N) is 10. The first-order valence-corrected chi connectivity index (χ1v) is 32.7. The van der Waals surface area contributed by atoms with Gasteiger partial charge in [-0.3, -0.25) is 52.7 Å². The normalized spacial score (nSPS) is 14.8. The van der Waals surface area contributed by atoms with Gasteiger partial charge >= 0.3 is 5.97 Å². The molecule has 0 saturated carbocycles. The smallest absolute Gasteiger partial charge is 0.305 e. The number of rotatable bonds is 40. The number of carbonyl (C=O) groups is 11. The quantitative estimate of drug-likeness (QED) is 0.0205. The first kappa shape index (κ1) is 80.4. The minimum Gasteiger partial charge on any atom is -0.494 e. The Morgan fingerprint density at radius 1 is 0.660 bits per heavy atom. The average Bonchev–Trinajstić information content (AvgIpc) is 0.837. The Kier molecular flexibility index (Phi) is 31.1.